The molecule has 4 aliphatic rings. The van der Waals surface area contributed by atoms with E-state index in [1.165, 1.54) is 4.90 Å². The summed E-state index contributed by atoms with van der Waals surface area (Å²) >= 11 is 7.14. The molecule has 0 bridgehead atoms. The zero-order valence-electron chi connectivity index (χ0n) is 22.4. The molecule has 206 valence electrons. The largest absolute Gasteiger partial charge is 0.373 e. The van der Waals surface area contributed by atoms with Crippen molar-refractivity contribution in [1.82, 2.24) is 9.80 Å². The first-order valence-corrected chi connectivity index (χ1v) is 17.5. The number of hydrogen-bond donors (Lipinski definition) is 1. The highest BCUT2D eigenvalue weighted by atomic mass is 32.2. The van der Waals surface area contributed by atoms with Crippen molar-refractivity contribution in [1.29, 1.82) is 0 Å². The van der Waals surface area contributed by atoms with Gasteiger partial charge >= 0.3 is 0 Å². The third-order valence-electron chi connectivity index (χ3n) is 7.77. The molecule has 6 nitrogen and oxygen atoms in total. The van der Waals surface area contributed by atoms with Gasteiger partial charge in [-0.05, 0) is 99.2 Å². The van der Waals surface area contributed by atoms with Crippen LogP contribution in [0.25, 0.3) is 0 Å². The van der Waals surface area contributed by atoms with Gasteiger partial charge in [0.2, 0.25) is 11.8 Å². The highest BCUT2D eigenvalue weighted by Gasteiger charge is 2.45. The van der Waals surface area contributed by atoms with Crippen molar-refractivity contribution < 1.29 is 19.5 Å². The number of imide groups is 1. The molecule has 4 aliphatic heterocycles. The number of amides is 3. The SMILES string of the molecule is CC(C)(CCSCCCSCCC(C)(C)N1C(=O)C=C2SCCC2C1O)N1C(=O)C=C2SCCC2C1=O. The topological polar surface area (TPSA) is 77.9 Å². The molecule has 0 aromatic rings. The molecule has 3 atom stereocenters. The minimum Gasteiger partial charge on any atom is -0.373 e. The van der Waals surface area contributed by atoms with Gasteiger partial charge in [-0.1, -0.05) is 0 Å². The molecular formula is C27H40N2O4S4. The van der Waals surface area contributed by atoms with E-state index in [1.54, 1.807) is 40.6 Å². The second kappa shape index (κ2) is 12.3. The van der Waals surface area contributed by atoms with Crippen LogP contribution in [-0.2, 0) is 14.4 Å². The summed E-state index contributed by atoms with van der Waals surface area (Å²) in [6.07, 6.45) is 7.21. The first-order valence-electron chi connectivity index (χ1n) is 13.3. The van der Waals surface area contributed by atoms with Crippen LogP contribution in [0.15, 0.2) is 22.0 Å². The van der Waals surface area contributed by atoms with Crippen LogP contribution in [0.3, 0.4) is 0 Å². The Kier molecular flexibility index (Phi) is 9.80. The molecule has 2 saturated heterocycles. The summed E-state index contributed by atoms with van der Waals surface area (Å²) in [4.78, 5) is 43.5. The Morgan fingerprint density at radius 3 is 2.16 bits per heavy atom. The number of nitrogens with zero attached hydrogens (tertiary/aromatic N) is 2. The summed E-state index contributed by atoms with van der Waals surface area (Å²) in [5.74, 6) is 5.62. The Balaban J connectivity index is 1.12. The zero-order valence-corrected chi connectivity index (χ0v) is 25.6. The molecule has 37 heavy (non-hydrogen) atoms. The van der Waals surface area contributed by atoms with E-state index in [0.717, 1.165) is 76.4 Å². The number of carbonyl (C=O) groups excluding carboxylic acids is 3. The minimum absolute atomic E-state index is 0.0146. The number of fused-ring (bicyclic) bond motifs is 2. The number of aliphatic hydroxyl groups is 1. The third kappa shape index (κ3) is 6.61. The minimum atomic E-state index is -0.714. The summed E-state index contributed by atoms with van der Waals surface area (Å²) in [7, 11) is 0. The van der Waals surface area contributed by atoms with E-state index in [4.69, 9.17) is 0 Å². The molecule has 0 aromatic heterocycles. The fourth-order valence-electron chi connectivity index (χ4n) is 5.47. The lowest BCUT2D eigenvalue weighted by atomic mass is 9.91. The van der Waals surface area contributed by atoms with Crippen LogP contribution >= 0.6 is 47.0 Å². The summed E-state index contributed by atoms with van der Waals surface area (Å²) in [5.41, 5.74) is -0.851. The van der Waals surface area contributed by atoms with E-state index in [9.17, 15) is 19.5 Å². The van der Waals surface area contributed by atoms with Crippen molar-refractivity contribution in [3.05, 3.63) is 22.0 Å². The number of thioether (sulfide) groups is 4. The Morgan fingerprint density at radius 1 is 0.865 bits per heavy atom. The Bertz CT molecular complexity index is 964. The molecule has 0 spiro atoms. The first kappa shape index (κ1) is 29.4. The summed E-state index contributed by atoms with van der Waals surface area (Å²) in [6, 6.07) is 0. The van der Waals surface area contributed by atoms with E-state index < -0.39 is 11.8 Å². The molecule has 0 aliphatic carbocycles. The monoisotopic (exact) mass is 584 g/mol. The maximum Gasteiger partial charge on any atom is 0.254 e. The number of carbonyl (C=O) groups is 3. The Morgan fingerprint density at radius 2 is 1.46 bits per heavy atom. The predicted molar refractivity (Wildman–Crippen MR) is 159 cm³/mol. The zero-order chi connectivity index (χ0) is 26.8. The number of hydrogen-bond acceptors (Lipinski definition) is 8. The molecule has 3 unspecified atom stereocenters. The Hall–Kier alpha value is -0.550. The average molecular weight is 585 g/mol. The maximum atomic E-state index is 13.0. The van der Waals surface area contributed by atoms with Crippen molar-refractivity contribution in [3.8, 4) is 0 Å². The molecule has 3 amide bonds. The van der Waals surface area contributed by atoms with Crippen LogP contribution in [0, 0.1) is 11.8 Å². The van der Waals surface area contributed by atoms with Gasteiger partial charge in [0.1, 0.15) is 6.23 Å². The summed E-state index contributed by atoms with van der Waals surface area (Å²) in [5, 5.41) is 10.9. The van der Waals surface area contributed by atoms with E-state index in [1.807, 2.05) is 37.4 Å². The van der Waals surface area contributed by atoms with Crippen LogP contribution in [0.1, 0.15) is 59.8 Å². The van der Waals surface area contributed by atoms with Crippen molar-refractivity contribution in [2.45, 2.75) is 77.1 Å². The first-order chi connectivity index (χ1) is 17.5. The fraction of sp³-hybridized carbons (Fsp3) is 0.741. The van der Waals surface area contributed by atoms with E-state index >= 15 is 0 Å². The molecule has 4 rings (SSSR count). The molecule has 10 heteroatoms. The van der Waals surface area contributed by atoms with Crippen molar-refractivity contribution >= 4 is 64.8 Å². The van der Waals surface area contributed by atoms with Gasteiger partial charge in [-0.25, -0.2) is 0 Å². The van der Waals surface area contributed by atoms with Gasteiger partial charge in [0.05, 0.1) is 5.92 Å². The second-order valence-corrected chi connectivity index (χ2v) is 16.1. The molecular weight excluding hydrogens is 545 g/mol. The standard InChI is InChI=1S/C27H40N2O4S4/c1-26(2,28-22(30)16-20-18(24(28)32)6-12-36-20)8-14-34-10-5-11-35-15-9-27(3,4)29-23(31)17-21-19(25(29)33)7-13-37-21/h16-19,24,32H,5-15H2,1-4H3. The highest BCUT2D eigenvalue weighted by Crippen LogP contribution is 2.44. The van der Waals surface area contributed by atoms with E-state index in [-0.39, 0.29) is 35.1 Å². The molecule has 1 N–H and O–H groups in total. The summed E-state index contributed by atoms with van der Waals surface area (Å²) < 4.78 is 0. The maximum absolute atomic E-state index is 13.0. The number of aliphatic hydroxyl groups excluding tert-OH is 1. The second-order valence-electron chi connectivity index (χ2n) is 11.4. The average Bonchev–Trinajstić information content (AvgIpc) is 3.47. The normalized spacial score (nSPS) is 26.4. The van der Waals surface area contributed by atoms with Gasteiger partial charge in [0, 0.05) is 34.1 Å². The van der Waals surface area contributed by atoms with Gasteiger partial charge in [-0.2, -0.15) is 23.5 Å². The smallest absolute Gasteiger partial charge is 0.254 e. The van der Waals surface area contributed by atoms with Gasteiger partial charge < -0.3 is 10.0 Å². The van der Waals surface area contributed by atoms with E-state index in [2.05, 4.69) is 13.8 Å². The van der Waals surface area contributed by atoms with Crippen LogP contribution in [0.5, 0.6) is 0 Å². The van der Waals surface area contributed by atoms with Crippen molar-refractivity contribution in [3.63, 3.8) is 0 Å². The quantitative estimate of drug-likeness (QED) is 0.254. The van der Waals surface area contributed by atoms with Crippen LogP contribution < -0.4 is 0 Å². The van der Waals surface area contributed by atoms with Gasteiger partial charge in [0.15, 0.2) is 0 Å². The molecule has 0 aromatic carbocycles. The lowest BCUT2D eigenvalue weighted by Gasteiger charge is -2.45. The molecule has 0 saturated carbocycles. The lowest BCUT2D eigenvalue weighted by molar-refractivity contribution is -0.153. The van der Waals surface area contributed by atoms with Gasteiger partial charge in [-0.15, -0.1) is 23.5 Å². The third-order valence-corrected chi connectivity index (χ3v) is 12.3. The van der Waals surface area contributed by atoms with Crippen LogP contribution in [0.2, 0.25) is 0 Å². The fourth-order valence-corrected chi connectivity index (χ4v) is 10.5. The lowest BCUT2D eigenvalue weighted by Crippen LogP contribution is -2.57. The molecule has 4 heterocycles. The van der Waals surface area contributed by atoms with Gasteiger partial charge in [-0.3, -0.25) is 19.3 Å². The van der Waals surface area contributed by atoms with Crippen molar-refractivity contribution in [2.75, 3.05) is 34.5 Å². The van der Waals surface area contributed by atoms with Crippen LogP contribution in [0.4, 0.5) is 0 Å². The Labute approximate surface area is 238 Å². The predicted octanol–water partition coefficient (Wildman–Crippen LogP) is 4.98. The van der Waals surface area contributed by atoms with Gasteiger partial charge in [0.25, 0.3) is 5.91 Å². The van der Waals surface area contributed by atoms with Crippen molar-refractivity contribution in [2.24, 2.45) is 11.8 Å². The van der Waals surface area contributed by atoms with E-state index in [0.29, 0.717) is 0 Å². The highest BCUT2D eigenvalue weighted by molar-refractivity contribution is 8.03. The summed E-state index contributed by atoms with van der Waals surface area (Å²) in [6.45, 7) is 8.14. The molecule has 2 fully saturated rings. The number of rotatable bonds is 12. The molecule has 0 radical (unpaired) electrons. The van der Waals surface area contributed by atoms with Crippen LogP contribution in [-0.4, -0.2) is 84.5 Å².